The molecule has 1 unspecified atom stereocenters. The summed E-state index contributed by atoms with van der Waals surface area (Å²) in [5.41, 5.74) is 3.12. The van der Waals surface area contributed by atoms with Gasteiger partial charge in [-0.1, -0.05) is 19.8 Å². The van der Waals surface area contributed by atoms with Crippen molar-refractivity contribution in [2.75, 3.05) is 6.54 Å². The predicted molar refractivity (Wildman–Crippen MR) is 77.1 cm³/mol. The van der Waals surface area contributed by atoms with E-state index in [2.05, 4.69) is 31.2 Å². The third-order valence-corrected chi connectivity index (χ3v) is 4.53. The van der Waals surface area contributed by atoms with Gasteiger partial charge in [0, 0.05) is 30.9 Å². The van der Waals surface area contributed by atoms with Gasteiger partial charge in [0.25, 0.3) is 0 Å². The van der Waals surface area contributed by atoms with Crippen molar-refractivity contribution in [3.63, 3.8) is 0 Å². The van der Waals surface area contributed by atoms with Crippen molar-refractivity contribution in [3.8, 4) is 0 Å². The van der Waals surface area contributed by atoms with Crippen LogP contribution in [0.1, 0.15) is 62.0 Å². The van der Waals surface area contributed by atoms with Crippen LogP contribution in [-0.4, -0.2) is 27.0 Å². The monoisotopic (exact) mass is 265 g/mol. The average Bonchev–Trinajstić information content (AvgIpc) is 2.89. The van der Waals surface area contributed by atoms with Crippen molar-refractivity contribution >= 4 is 0 Å². The molecule has 0 aromatic carbocycles. The number of hydrogen-bond donors (Lipinski definition) is 2. The summed E-state index contributed by atoms with van der Waals surface area (Å²) in [4.78, 5) is 0. The van der Waals surface area contributed by atoms with Crippen LogP contribution >= 0.6 is 0 Å². The van der Waals surface area contributed by atoms with Crippen LogP contribution in [0.3, 0.4) is 0 Å². The van der Waals surface area contributed by atoms with E-state index >= 15 is 0 Å². The summed E-state index contributed by atoms with van der Waals surface area (Å²) >= 11 is 0. The van der Waals surface area contributed by atoms with Crippen molar-refractivity contribution in [2.45, 2.75) is 64.5 Å². The maximum Gasteiger partial charge on any atom is 0.0771 e. The highest BCUT2D eigenvalue weighted by Gasteiger charge is 2.32. The van der Waals surface area contributed by atoms with E-state index in [1.165, 1.54) is 11.3 Å². The summed E-state index contributed by atoms with van der Waals surface area (Å²) in [6, 6.07) is 0.290. The molecule has 0 saturated heterocycles. The molecule has 0 aliphatic heterocycles. The number of aromatic nitrogens is 2. The second-order valence-electron chi connectivity index (χ2n) is 5.98. The summed E-state index contributed by atoms with van der Waals surface area (Å²) in [7, 11) is 1.99. The molecule has 2 rings (SSSR count). The second kappa shape index (κ2) is 5.63. The van der Waals surface area contributed by atoms with E-state index in [1.54, 1.807) is 0 Å². The number of aliphatic hydroxyl groups is 1. The van der Waals surface area contributed by atoms with Gasteiger partial charge in [0.05, 0.1) is 11.3 Å². The summed E-state index contributed by atoms with van der Waals surface area (Å²) in [6.45, 7) is 7.06. The number of hydrogen-bond acceptors (Lipinski definition) is 3. The molecule has 108 valence electrons. The van der Waals surface area contributed by atoms with Gasteiger partial charge in [0.1, 0.15) is 0 Å². The van der Waals surface area contributed by atoms with Gasteiger partial charge in [-0.2, -0.15) is 5.10 Å². The summed E-state index contributed by atoms with van der Waals surface area (Å²) in [6.07, 6.45) is 5.19. The molecular formula is C15H27N3O. The van der Waals surface area contributed by atoms with Crippen molar-refractivity contribution in [1.29, 1.82) is 0 Å². The lowest BCUT2D eigenvalue weighted by Crippen LogP contribution is -2.39. The second-order valence-corrected chi connectivity index (χ2v) is 5.98. The third-order valence-electron chi connectivity index (χ3n) is 4.53. The van der Waals surface area contributed by atoms with Crippen LogP contribution in [0.15, 0.2) is 0 Å². The fourth-order valence-corrected chi connectivity index (χ4v) is 3.27. The minimum Gasteiger partial charge on any atom is -0.389 e. The highest BCUT2D eigenvalue weighted by atomic mass is 16.3. The van der Waals surface area contributed by atoms with Gasteiger partial charge in [0.2, 0.25) is 0 Å². The molecule has 0 spiro atoms. The lowest BCUT2D eigenvalue weighted by atomic mass is 9.98. The molecule has 1 aliphatic carbocycles. The van der Waals surface area contributed by atoms with Crippen molar-refractivity contribution in [2.24, 2.45) is 7.05 Å². The first kappa shape index (κ1) is 14.5. The van der Waals surface area contributed by atoms with Crippen LogP contribution in [0.4, 0.5) is 0 Å². The lowest BCUT2D eigenvalue weighted by Gasteiger charge is -2.26. The number of nitrogens with zero attached hydrogens (tertiary/aromatic N) is 2. The molecule has 1 heterocycles. The topological polar surface area (TPSA) is 50.1 Å². The van der Waals surface area contributed by atoms with Gasteiger partial charge >= 0.3 is 0 Å². The first-order valence-electron chi connectivity index (χ1n) is 7.42. The molecule has 1 aliphatic rings. The average molecular weight is 265 g/mol. The van der Waals surface area contributed by atoms with Crippen LogP contribution in [0.25, 0.3) is 0 Å². The fraction of sp³-hybridized carbons (Fsp3) is 0.800. The number of rotatable bonds is 5. The quantitative estimate of drug-likeness (QED) is 0.859. The molecule has 4 nitrogen and oxygen atoms in total. The largest absolute Gasteiger partial charge is 0.389 e. The molecule has 1 aromatic rings. The van der Waals surface area contributed by atoms with Gasteiger partial charge in [0.15, 0.2) is 0 Å². The summed E-state index contributed by atoms with van der Waals surface area (Å²) in [5, 5.41) is 18.5. The van der Waals surface area contributed by atoms with Gasteiger partial charge < -0.3 is 10.4 Å². The van der Waals surface area contributed by atoms with Crippen LogP contribution in [0.2, 0.25) is 0 Å². The normalized spacial score (nSPS) is 19.8. The van der Waals surface area contributed by atoms with Gasteiger partial charge in [-0.3, -0.25) is 4.68 Å². The van der Waals surface area contributed by atoms with E-state index in [0.717, 1.165) is 37.8 Å². The number of aryl methyl sites for hydroxylation is 2. The fourth-order valence-electron chi connectivity index (χ4n) is 3.27. The van der Waals surface area contributed by atoms with Crippen LogP contribution < -0.4 is 5.32 Å². The molecule has 0 amide bonds. The van der Waals surface area contributed by atoms with E-state index in [0.29, 0.717) is 12.6 Å². The predicted octanol–water partition coefficient (Wildman–Crippen LogP) is 2.38. The molecule has 1 atom stereocenters. The highest BCUT2D eigenvalue weighted by Crippen LogP contribution is 2.30. The Morgan fingerprint density at radius 1 is 1.37 bits per heavy atom. The van der Waals surface area contributed by atoms with E-state index in [1.807, 2.05) is 11.7 Å². The maximum atomic E-state index is 10.4. The first-order valence-corrected chi connectivity index (χ1v) is 7.42. The molecule has 1 aromatic heterocycles. The molecule has 2 N–H and O–H groups in total. The van der Waals surface area contributed by atoms with Gasteiger partial charge in [-0.25, -0.2) is 0 Å². The third kappa shape index (κ3) is 3.00. The highest BCUT2D eigenvalue weighted by molar-refractivity contribution is 5.28. The molecule has 1 saturated carbocycles. The Kier molecular flexibility index (Phi) is 4.31. The Labute approximate surface area is 116 Å². The number of nitrogens with one attached hydrogen (secondary N) is 1. The lowest BCUT2D eigenvalue weighted by molar-refractivity contribution is 0.0446. The van der Waals surface area contributed by atoms with Gasteiger partial charge in [-0.05, 0) is 33.1 Å². The van der Waals surface area contributed by atoms with Gasteiger partial charge in [-0.15, -0.1) is 0 Å². The van der Waals surface area contributed by atoms with Crippen molar-refractivity contribution in [1.82, 2.24) is 15.1 Å². The molecule has 0 radical (unpaired) electrons. The smallest absolute Gasteiger partial charge is 0.0771 e. The zero-order valence-corrected chi connectivity index (χ0v) is 12.7. The summed E-state index contributed by atoms with van der Waals surface area (Å²) < 4.78 is 1.94. The zero-order chi connectivity index (χ0) is 14.0. The standard InChI is InChI=1S/C15H27N3O/c1-5-13(14-11(2)17-18(4)12(14)3)16-10-15(19)8-6-7-9-15/h13,16,19H,5-10H2,1-4H3. The van der Waals surface area contributed by atoms with E-state index in [-0.39, 0.29) is 0 Å². The Morgan fingerprint density at radius 3 is 2.47 bits per heavy atom. The van der Waals surface area contributed by atoms with E-state index in [9.17, 15) is 5.11 Å². The van der Waals surface area contributed by atoms with Crippen molar-refractivity contribution < 1.29 is 5.11 Å². The summed E-state index contributed by atoms with van der Waals surface area (Å²) in [5.74, 6) is 0. The zero-order valence-electron chi connectivity index (χ0n) is 12.7. The van der Waals surface area contributed by atoms with E-state index < -0.39 is 5.60 Å². The van der Waals surface area contributed by atoms with E-state index in [4.69, 9.17) is 0 Å². The Morgan fingerprint density at radius 2 is 2.00 bits per heavy atom. The Balaban J connectivity index is 2.07. The molecule has 4 heteroatoms. The van der Waals surface area contributed by atoms with Crippen LogP contribution in [-0.2, 0) is 7.05 Å². The minimum atomic E-state index is -0.489. The molecule has 1 fully saturated rings. The van der Waals surface area contributed by atoms with Crippen molar-refractivity contribution in [3.05, 3.63) is 17.0 Å². The Hall–Kier alpha value is -0.870. The van der Waals surface area contributed by atoms with Crippen LogP contribution in [0, 0.1) is 13.8 Å². The molecule has 19 heavy (non-hydrogen) atoms. The first-order chi connectivity index (χ1) is 8.97. The SMILES string of the molecule is CCC(NCC1(O)CCCC1)c1c(C)nn(C)c1C. The molecular weight excluding hydrogens is 238 g/mol. The molecule has 0 bridgehead atoms. The minimum absolute atomic E-state index is 0.290. The van der Waals surface area contributed by atoms with Crippen LogP contribution in [0.5, 0.6) is 0 Å². The maximum absolute atomic E-state index is 10.4. The Bertz CT molecular complexity index is 433.